The number of unbranched alkanes of at least 4 members (excludes halogenated alkanes) is 2. The number of urea groups is 1. The zero-order valence-corrected chi connectivity index (χ0v) is 12.7. The third-order valence-corrected chi connectivity index (χ3v) is 3.22. The molecule has 0 bridgehead atoms. The number of aryl methyl sites for hydroxylation is 2. The van der Waals surface area contributed by atoms with Gasteiger partial charge in [0.05, 0.1) is 11.7 Å². The van der Waals surface area contributed by atoms with Crippen LogP contribution in [0.1, 0.15) is 55.7 Å². The number of amides is 2. The molecule has 0 saturated carbocycles. The molecule has 1 rings (SSSR count). The van der Waals surface area contributed by atoms with Gasteiger partial charge in [0.1, 0.15) is 5.76 Å². The first-order valence-electron chi connectivity index (χ1n) is 7.10. The van der Waals surface area contributed by atoms with Crippen molar-refractivity contribution >= 4 is 12.0 Å². The van der Waals surface area contributed by atoms with E-state index < -0.39 is 5.97 Å². The van der Waals surface area contributed by atoms with Gasteiger partial charge < -0.3 is 20.3 Å². The van der Waals surface area contributed by atoms with Crippen molar-refractivity contribution in [2.75, 3.05) is 6.54 Å². The highest BCUT2D eigenvalue weighted by Gasteiger charge is 2.17. The van der Waals surface area contributed by atoms with E-state index in [0.29, 0.717) is 18.7 Å². The molecule has 1 heterocycles. The predicted octanol–water partition coefficient (Wildman–Crippen LogP) is 2.30. The summed E-state index contributed by atoms with van der Waals surface area (Å²) in [6.07, 6.45) is 2.36. The summed E-state index contributed by atoms with van der Waals surface area (Å²) >= 11 is 0. The molecule has 3 N–H and O–H groups in total. The van der Waals surface area contributed by atoms with E-state index in [1.54, 1.807) is 0 Å². The van der Waals surface area contributed by atoms with Gasteiger partial charge in [-0.3, -0.25) is 4.79 Å². The molecule has 0 fully saturated rings. The van der Waals surface area contributed by atoms with Crippen LogP contribution in [0.3, 0.4) is 0 Å². The summed E-state index contributed by atoms with van der Waals surface area (Å²) < 4.78 is 5.07. The Kier molecular flexibility index (Phi) is 6.71. The number of nitrogens with one attached hydrogen (secondary N) is 2. The van der Waals surface area contributed by atoms with Crippen molar-refractivity contribution in [1.82, 2.24) is 15.8 Å². The highest BCUT2D eigenvalue weighted by atomic mass is 16.5. The highest BCUT2D eigenvalue weighted by Crippen LogP contribution is 2.20. The molecule has 1 aromatic heterocycles. The van der Waals surface area contributed by atoms with Gasteiger partial charge >= 0.3 is 12.0 Å². The number of nitrogens with zero attached hydrogens (tertiary/aromatic N) is 1. The molecule has 7 heteroatoms. The lowest BCUT2D eigenvalue weighted by Gasteiger charge is -2.14. The van der Waals surface area contributed by atoms with Crippen molar-refractivity contribution in [1.29, 1.82) is 0 Å². The van der Waals surface area contributed by atoms with Crippen LogP contribution >= 0.6 is 0 Å². The van der Waals surface area contributed by atoms with Crippen molar-refractivity contribution in [3.05, 3.63) is 17.0 Å². The Bertz CT molecular complexity index is 465. The van der Waals surface area contributed by atoms with E-state index in [0.717, 1.165) is 24.1 Å². The number of carboxylic acids is 1. The van der Waals surface area contributed by atoms with E-state index in [4.69, 9.17) is 9.63 Å². The van der Waals surface area contributed by atoms with Gasteiger partial charge in [-0.1, -0.05) is 11.6 Å². The second-order valence-electron chi connectivity index (χ2n) is 5.06. The minimum Gasteiger partial charge on any atom is -0.481 e. The minimum absolute atomic E-state index is 0.176. The fourth-order valence-electron chi connectivity index (χ4n) is 2.21. The van der Waals surface area contributed by atoms with Crippen LogP contribution in [-0.2, 0) is 4.79 Å². The average Bonchev–Trinajstić information content (AvgIpc) is 2.72. The molecule has 0 aromatic carbocycles. The third kappa shape index (κ3) is 5.85. The molecule has 0 aliphatic rings. The van der Waals surface area contributed by atoms with E-state index in [-0.39, 0.29) is 18.5 Å². The number of aliphatic carboxylic acids is 1. The van der Waals surface area contributed by atoms with Gasteiger partial charge in [0.15, 0.2) is 0 Å². The second-order valence-corrected chi connectivity index (χ2v) is 5.06. The molecule has 21 heavy (non-hydrogen) atoms. The first-order valence-corrected chi connectivity index (χ1v) is 7.10. The highest BCUT2D eigenvalue weighted by molar-refractivity contribution is 5.74. The van der Waals surface area contributed by atoms with E-state index in [1.807, 2.05) is 20.8 Å². The molecule has 2 amide bonds. The summed E-state index contributed by atoms with van der Waals surface area (Å²) in [7, 11) is 0. The summed E-state index contributed by atoms with van der Waals surface area (Å²) in [4.78, 5) is 22.1. The van der Waals surface area contributed by atoms with Crippen molar-refractivity contribution in [3.63, 3.8) is 0 Å². The normalized spacial score (nSPS) is 12.0. The Hall–Kier alpha value is -2.05. The summed E-state index contributed by atoms with van der Waals surface area (Å²) in [5.41, 5.74) is 1.67. The number of rotatable bonds is 8. The monoisotopic (exact) mass is 297 g/mol. The number of carboxylic acid groups (broad SMARTS) is 1. The molecule has 0 spiro atoms. The number of hydrogen-bond donors (Lipinski definition) is 3. The van der Waals surface area contributed by atoms with Crippen LogP contribution < -0.4 is 10.6 Å². The van der Waals surface area contributed by atoms with Crippen LogP contribution in [0.25, 0.3) is 0 Å². The minimum atomic E-state index is -0.783. The Balaban J connectivity index is 2.23. The molecule has 118 valence electrons. The lowest BCUT2D eigenvalue weighted by Crippen LogP contribution is -2.37. The zero-order valence-electron chi connectivity index (χ0n) is 12.7. The van der Waals surface area contributed by atoms with Gasteiger partial charge in [-0.15, -0.1) is 0 Å². The molecule has 0 radical (unpaired) electrons. The van der Waals surface area contributed by atoms with Crippen LogP contribution in [0.5, 0.6) is 0 Å². The molecule has 1 atom stereocenters. The van der Waals surface area contributed by atoms with Crippen molar-refractivity contribution in [2.24, 2.45) is 0 Å². The maximum atomic E-state index is 11.7. The maximum absolute atomic E-state index is 11.7. The van der Waals surface area contributed by atoms with Gasteiger partial charge in [-0.05, 0) is 33.6 Å². The van der Waals surface area contributed by atoms with Crippen LogP contribution in [0.15, 0.2) is 4.52 Å². The predicted molar refractivity (Wildman–Crippen MR) is 77.0 cm³/mol. The number of carbonyl (C=O) groups is 2. The van der Waals surface area contributed by atoms with Crippen LogP contribution in [0.4, 0.5) is 4.79 Å². The zero-order chi connectivity index (χ0) is 15.8. The average molecular weight is 297 g/mol. The molecule has 0 aliphatic heterocycles. The Morgan fingerprint density at radius 1 is 1.29 bits per heavy atom. The van der Waals surface area contributed by atoms with Crippen molar-refractivity contribution in [2.45, 2.75) is 52.5 Å². The van der Waals surface area contributed by atoms with E-state index in [9.17, 15) is 9.59 Å². The summed E-state index contributed by atoms with van der Waals surface area (Å²) in [5.74, 6) is -0.0806. The van der Waals surface area contributed by atoms with Gasteiger partial charge in [0.2, 0.25) is 0 Å². The van der Waals surface area contributed by atoms with Gasteiger partial charge in [0, 0.05) is 18.5 Å². The molecular weight excluding hydrogens is 274 g/mol. The molecule has 0 aliphatic carbocycles. The number of aromatic nitrogens is 1. The topological polar surface area (TPSA) is 104 Å². The van der Waals surface area contributed by atoms with Crippen molar-refractivity contribution < 1.29 is 19.2 Å². The summed E-state index contributed by atoms with van der Waals surface area (Å²) in [6.45, 7) is 6.05. The maximum Gasteiger partial charge on any atom is 0.315 e. The number of hydrogen-bond acceptors (Lipinski definition) is 4. The quantitative estimate of drug-likeness (QED) is 0.639. The van der Waals surface area contributed by atoms with Crippen LogP contribution in [0, 0.1) is 13.8 Å². The van der Waals surface area contributed by atoms with Gasteiger partial charge in [-0.2, -0.15) is 0 Å². The lowest BCUT2D eigenvalue weighted by atomic mass is 10.1. The molecule has 1 aromatic rings. The van der Waals surface area contributed by atoms with E-state index in [2.05, 4.69) is 15.8 Å². The van der Waals surface area contributed by atoms with Gasteiger partial charge in [0.25, 0.3) is 0 Å². The molecule has 1 unspecified atom stereocenters. The number of carbonyl (C=O) groups excluding carboxylic acids is 1. The molecule has 0 saturated heterocycles. The largest absolute Gasteiger partial charge is 0.481 e. The van der Waals surface area contributed by atoms with Crippen LogP contribution in [0.2, 0.25) is 0 Å². The fourth-order valence-corrected chi connectivity index (χ4v) is 2.21. The Labute approximate surface area is 124 Å². The second kappa shape index (κ2) is 8.28. The summed E-state index contributed by atoms with van der Waals surface area (Å²) in [6, 6.07) is -0.427. The standard InChI is InChI=1S/C14H23N3O4/c1-9(13-10(2)17-21-11(13)3)16-14(20)15-8-6-4-5-7-12(18)19/h9H,4-8H2,1-3H3,(H,18,19)(H2,15,16,20). The fraction of sp³-hybridized carbons (Fsp3) is 0.643. The van der Waals surface area contributed by atoms with E-state index in [1.165, 1.54) is 0 Å². The summed E-state index contributed by atoms with van der Waals surface area (Å²) in [5, 5.41) is 17.9. The first kappa shape index (κ1) is 17.0. The van der Waals surface area contributed by atoms with Gasteiger partial charge in [-0.25, -0.2) is 4.79 Å². The third-order valence-electron chi connectivity index (χ3n) is 3.22. The first-order chi connectivity index (χ1) is 9.91. The SMILES string of the molecule is Cc1noc(C)c1C(C)NC(=O)NCCCCCC(=O)O. The lowest BCUT2D eigenvalue weighted by molar-refractivity contribution is -0.137. The smallest absolute Gasteiger partial charge is 0.315 e. The van der Waals surface area contributed by atoms with E-state index >= 15 is 0 Å². The Morgan fingerprint density at radius 2 is 2.00 bits per heavy atom. The van der Waals surface area contributed by atoms with Crippen LogP contribution in [-0.4, -0.2) is 28.8 Å². The molecular formula is C14H23N3O4. The Morgan fingerprint density at radius 3 is 2.57 bits per heavy atom. The van der Waals surface area contributed by atoms with Crippen molar-refractivity contribution in [3.8, 4) is 0 Å². The molecule has 7 nitrogen and oxygen atoms in total.